The molecule has 0 spiro atoms. The number of rotatable bonds is 10. The third kappa shape index (κ3) is 5.44. The Morgan fingerprint density at radius 3 is 2.57 bits per heavy atom. The van der Waals surface area contributed by atoms with Crippen LogP contribution in [-0.4, -0.2) is 59.3 Å². The van der Waals surface area contributed by atoms with Gasteiger partial charge in [-0.25, -0.2) is 13.1 Å². The van der Waals surface area contributed by atoms with Crippen LogP contribution in [0.5, 0.6) is 5.75 Å². The second-order valence-electron chi connectivity index (χ2n) is 7.01. The Labute approximate surface area is 167 Å². The molecule has 3 rings (SSSR count). The molecule has 1 saturated heterocycles. The smallest absolute Gasteiger partial charge is 0.241 e. The molecule has 0 aliphatic carbocycles. The van der Waals surface area contributed by atoms with Crippen LogP contribution < -0.4 is 9.46 Å². The highest BCUT2D eigenvalue weighted by molar-refractivity contribution is 7.89. The van der Waals surface area contributed by atoms with E-state index in [1.54, 1.807) is 12.1 Å². The largest absolute Gasteiger partial charge is 0.493 e. The molecule has 1 heterocycles. The van der Waals surface area contributed by atoms with Crippen molar-refractivity contribution in [2.24, 2.45) is 0 Å². The van der Waals surface area contributed by atoms with Crippen molar-refractivity contribution in [2.45, 2.75) is 31.1 Å². The molecule has 1 aliphatic heterocycles. The molecule has 0 radical (unpaired) electrons. The molecule has 1 N–H and O–H groups in total. The van der Waals surface area contributed by atoms with Gasteiger partial charge in [-0.3, -0.25) is 4.90 Å². The highest BCUT2D eigenvalue weighted by Gasteiger charge is 2.19. The molecular weight excluding hydrogens is 376 g/mol. The SMILES string of the molecule is CCCCOc1ccc(S(=O)(=O)NCCCN2CCOCC2)c2ccccc12. The number of nitrogens with one attached hydrogen (secondary N) is 1. The summed E-state index contributed by atoms with van der Waals surface area (Å²) in [5, 5.41) is 1.52. The lowest BCUT2D eigenvalue weighted by atomic mass is 10.1. The molecule has 1 aliphatic rings. The van der Waals surface area contributed by atoms with E-state index in [1.165, 1.54) is 0 Å². The summed E-state index contributed by atoms with van der Waals surface area (Å²) in [5.41, 5.74) is 0. The van der Waals surface area contributed by atoms with E-state index in [4.69, 9.17) is 9.47 Å². The van der Waals surface area contributed by atoms with E-state index in [0.717, 1.165) is 63.2 Å². The van der Waals surface area contributed by atoms with Crippen LogP contribution in [0.4, 0.5) is 0 Å². The minimum Gasteiger partial charge on any atom is -0.493 e. The fourth-order valence-electron chi connectivity index (χ4n) is 3.34. The Morgan fingerprint density at radius 2 is 1.82 bits per heavy atom. The maximum absolute atomic E-state index is 12.9. The van der Waals surface area contributed by atoms with E-state index >= 15 is 0 Å². The Morgan fingerprint density at radius 1 is 1.07 bits per heavy atom. The average Bonchev–Trinajstić information content (AvgIpc) is 2.72. The zero-order chi connectivity index (χ0) is 19.8. The van der Waals surface area contributed by atoms with Crippen LogP contribution >= 0.6 is 0 Å². The number of sulfonamides is 1. The van der Waals surface area contributed by atoms with Crippen LogP contribution in [0, 0.1) is 0 Å². The van der Waals surface area contributed by atoms with Gasteiger partial charge in [0, 0.05) is 30.4 Å². The third-order valence-corrected chi connectivity index (χ3v) is 6.46. The van der Waals surface area contributed by atoms with E-state index in [0.29, 0.717) is 23.4 Å². The first-order valence-corrected chi connectivity index (χ1v) is 11.5. The zero-order valence-electron chi connectivity index (χ0n) is 16.5. The molecule has 2 aromatic rings. The number of nitrogens with zero attached hydrogens (tertiary/aromatic N) is 1. The van der Waals surface area contributed by atoms with Gasteiger partial charge in [-0.2, -0.15) is 0 Å². The molecule has 7 heteroatoms. The van der Waals surface area contributed by atoms with Gasteiger partial charge in [0.25, 0.3) is 0 Å². The lowest BCUT2D eigenvalue weighted by molar-refractivity contribution is 0.0376. The predicted molar refractivity (Wildman–Crippen MR) is 111 cm³/mol. The first-order chi connectivity index (χ1) is 13.6. The Kier molecular flexibility index (Phi) is 7.67. The summed E-state index contributed by atoms with van der Waals surface area (Å²) in [5.74, 6) is 0.732. The van der Waals surface area contributed by atoms with Crippen molar-refractivity contribution in [3.63, 3.8) is 0 Å². The van der Waals surface area contributed by atoms with Crippen molar-refractivity contribution >= 4 is 20.8 Å². The number of benzene rings is 2. The molecule has 0 bridgehead atoms. The number of fused-ring (bicyclic) bond motifs is 1. The Hall–Kier alpha value is -1.67. The average molecular weight is 407 g/mol. The van der Waals surface area contributed by atoms with Crippen molar-refractivity contribution < 1.29 is 17.9 Å². The van der Waals surface area contributed by atoms with Crippen LogP contribution in [0.15, 0.2) is 41.3 Å². The van der Waals surface area contributed by atoms with Crippen molar-refractivity contribution in [2.75, 3.05) is 46.0 Å². The van der Waals surface area contributed by atoms with Gasteiger partial charge in [-0.1, -0.05) is 37.6 Å². The maximum atomic E-state index is 12.9. The molecular formula is C21H30N2O4S. The van der Waals surface area contributed by atoms with Gasteiger partial charge in [-0.05, 0) is 31.5 Å². The fraction of sp³-hybridized carbons (Fsp3) is 0.524. The van der Waals surface area contributed by atoms with Crippen molar-refractivity contribution in [3.8, 4) is 5.75 Å². The number of morpholine rings is 1. The molecule has 0 aromatic heterocycles. The molecule has 0 atom stereocenters. The third-order valence-electron chi connectivity index (χ3n) is 4.94. The Balaban J connectivity index is 1.68. The van der Waals surface area contributed by atoms with Gasteiger partial charge in [0.15, 0.2) is 0 Å². The summed E-state index contributed by atoms with van der Waals surface area (Å²) >= 11 is 0. The molecule has 0 saturated carbocycles. The van der Waals surface area contributed by atoms with Gasteiger partial charge in [0.05, 0.1) is 24.7 Å². The molecule has 0 amide bonds. The summed E-state index contributed by atoms with van der Waals surface area (Å²) in [6.07, 6.45) is 2.80. The lowest BCUT2D eigenvalue weighted by Gasteiger charge is -2.26. The second kappa shape index (κ2) is 10.2. The van der Waals surface area contributed by atoms with Gasteiger partial charge in [0.2, 0.25) is 10.0 Å². The molecule has 0 unspecified atom stereocenters. The summed E-state index contributed by atoms with van der Waals surface area (Å²) in [6, 6.07) is 10.9. The van der Waals surface area contributed by atoms with Crippen LogP contribution in [0.25, 0.3) is 10.8 Å². The van der Waals surface area contributed by atoms with E-state index in [1.807, 2.05) is 24.3 Å². The van der Waals surface area contributed by atoms with E-state index in [9.17, 15) is 8.42 Å². The molecule has 154 valence electrons. The molecule has 28 heavy (non-hydrogen) atoms. The summed E-state index contributed by atoms with van der Waals surface area (Å²) in [7, 11) is -3.58. The van der Waals surface area contributed by atoms with Crippen molar-refractivity contribution in [3.05, 3.63) is 36.4 Å². The zero-order valence-corrected chi connectivity index (χ0v) is 17.3. The van der Waals surface area contributed by atoms with Crippen LogP contribution in [0.1, 0.15) is 26.2 Å². The second-order valence-corrected chi connectivity index (χ2v) is 8.75. The fourth-order valence-corrected chi connectivity index (χ4v) is 4.63. The normalized spacial score (nSPS) is 15.8. The van der Waals surface area contributed by atoms with Gasteiger partial charge < -0.3 is 9.47 Å². The minimum atomic E-state index is -3.58. The molecule has 6 nitrogen and oxygen atoms in total. The van der Waals surface area contributed by atoms with Gasteiger partial charge in [-0.15, -0.1) is 0 Å². The Bertz CT molecular complexity index is 864. The monoisotopic (exact) mass is 406 g/mol. The van der Waals surface area contributed by atoms with E-state index < -0.39 is 10.0 Å². The summed E-state index contributed by atoms with van der Waals surface area (Å²) < 4.78 is 39.7. The first kappa shape index (κ1) is 21.0. The minimum absolute atomic E-state index is 0.303. The van der Waals surface area contributed by atoms with Gasteiger partial charge >= 0.3 is 0 Å². The molecule has 1 fully saturated rings. The van der Waals surface area contributed by atoms with Crippen LogP contribution in [0.3, 0.4) is 0 Å². The van der Waals surface area contributed by atoms with Crippen LogP contribution in [0.2, 0.25) is 0 Å². The summed E-state index contributed by atoms with van der Waals surface area (Å²) in [4.78, 5) is 2.60. The first-order valence-electron chi connectivity index (χ1n) is 10.1. The summed E-state index contributed by atoms with van der Waals surface area (Å²) in [6.45, 7) is 7.37. The quantitative estimate of drug-likeness (QED) is 0.615. The predicted octanol–water partition coefficient (Wildman–Crippen LogP) is 3.02. The van der Waals surface area contributed by atoms with Gasteiger partial charge in [0.1, 0.15) is 5.75 Å². The highest BCUT2D eigenvalue weighted by atomic mass is 32.2. The number of hydrogen-bond acceptors (Lipinski definition) is 5. The lowest BCUT2D eigenvalue weighted by Crippen LogP contribution is -2.38. The number of ether oxygens (including phenoxy) is 2. The topological polar surface area (TPSA) is 67.9 Å². The van der Waals surface area contributed by atoms with Crippen molar-refractivity contribution in [1.29, 1.82) is 0 Å². The van der Waals surface area contributed by atoms with Crippen LogP contribution in [-0.2, 0) is 14.8 Å². The van der Waals surface area contributed by atoms with E-state index in [-0.39, 0.29) is 0 Å². The number of unbranched alkanes of at least 4 members (excludes halogenated alkanes) is 1. The number of hydrogen-bond donors (Lipinski definition) is 1. The maximum Gasteiger partial charge on any atom is 0.241 e. The molecule has 2 aromatic carbocycles. The standard InChI is InChI=1S/C21H30N2O4S/c1-2-3-15-27-20-9-10-21(19-8-5-4-7-18(19)20)28(24,25)22-11-6-12-23-13-16-26-17-14-23/h4-5,7-10,22H,2-3,6,11-17H2,1H3. The van der Waals surface area contributed by atoms with Crippen molar-refractivity contribution in [1.82, 2.24) is 9.62 Å². The highest BCUT2D eigenvalue weighted by Crippen LogP contribution is 2.31. The van der Waals surface area contributed by atoms with E-state index in [2.05, 4.69) is 16.5 Å².